The van der Waals surface area contributed by atoms with E-state index in [1.807, 2.05) is 27.7 Å². The summed E-state index contributed by atoms with van der Waals surface area (Å²) in [7, 11) is 0. The monoisotopic (exact) mass is 809 g/mol. The van der Waals surface area contributed by atoms with Crippen LogP contribution in [-0.4, -0.2) is 171 Å². The molecular weight excluding hydrogens is 736 g/mol. The Morgan fingerprint density at radius 1 is 0.589 bits per heavy atom. The number of nitrogens with one attached hydrogen (secondary N) is 3. The quantitative estimate of drug-likeness (QED) is 0.0589. The first-order valence-corrected chi connectivity index (χ1v) is 19.5. The molecule has 0 saturated carbocycles. The molecule has 1 aliphatic heterocycles. The van der Waals surface area contributed by atoms with Crippen LogP contribution in [0.4, 0.5) is 0 Å². The summed E-state index contributed by atoms with van der Waals surface area (Å²) in [6, 6.07) is -1.36. The number of ketones is 1. The van der Waals surface area contributed by atoms with Gasteiger partial charge in [0.2, 0.25) is 17.7 Å². The van der Waals surface area contributed by atoms with Gasteiger partial charge in [-0.15, -0.1) is 0 Å². The van der Waals surface area contributed by atoms with Crippen molar-refractivity contribution >= 4 is 35.3 Å². The second-order valence-corrected chi connectivity index (χ2v) is 13.1. The number of amides is 5. The third-order valence-corrected chi connectivity index (χ3v) is 8.26. The van der Waals surface area contributed by atoms with E-state index in [0.29, 0.717) is 112 Å². The highest BCUT2D eigenvalue weighted by Crippen LogP contribution is 2.08. The molecule has 0 bridgehead atoms. The molecule has 18 heteroatoms. The number of hydrogen-bond donors (Lipinski definition) is 3. The van der Waals surface area contributed by atoms with Crippen LogP contribution in [0.15, 0.2) is 12.2 Å². The first-order chi connectivity index (χ1) is 27.0. The van der Waals surface area contributed by atoms with Crippen molar-refractivity contribution < 1.29 is 70.9 Å². The van der Waals surface area contributed by atoms with Crippen molar-refractivity contribution in [3.05, 3.63) is 12.2 Å². The average Bonchev–Trinajstić information content (AvgIpc) is 3.50. The lowest BCUT2D eigenvalue weighted by atomic mass is 9.97. The largest absolute Gasteiger partial charge is 0.379 e. The average molecular weight is 809 g/mol. The first kappa shape index (κ1) is 50.7. The van der Waals surface area contributed by atoms with Gasteiger partial charge in [-0.3, -0.25) is 33.7 Å². The number of hydrogen-bond acceptors (Lipinski definition) is 14. The molecule has 0 aromatic heterocycles. The normalized spacial score (nSPS) is 14.3. The maximum atomic E-state index is 12.7. The zero-order chi connectivity index (χ0) is 41.4. The van der Waals surface area contributed by atoms with Gasteiger partial charge in [-0.05, 0) is 19.3 Å². The zero-order valence-electron chi connectivity index (χ0n) is 34.0. The fourth-order valence-electron chi connectivity index (χ4n) is 4.81. The Balaban J connectivity index is -0.0000105. The van der Waals surface area contributed by atoms with E-state index < -0.39 is 23.9 Å². The summed E-state index contributed by atoms with van der Waals surface area (Å²) in [5.41, 5.74) is 0. The van der Waals surface area contributed by atoms with Crippen LogP contribution in [0.25, 0.3) is 0 Å². The van der Waals surface area contributed by atoms with Crippen LogP contribution < -0.4 is 16.0 Å². The molecule has 0 fully saturated rings. The van der Waals surface area contributed by atoms with Gasteiger partial charge in [0, 0.05) is 48.3 Å². The highest BCUT2D eigenvalue weighted by molar-refractivity contribution is 6.13. The molecule has 1 unspecified atom stereocenters. The molecule has 1 heterocycles. The van der Waals surface area contributed by atoms with E-state index in [1.165, 1.54) is 12.2 Å². The Kier molecular flexibility index (Phi) is 29.6. The van der Waals surface area contributed by atoms with Crippen molar-refractivity contribution in [2.75, 3.05) is 119 Å². The molecule has 1 aliphatic rings. The summed E-state index contributed by atoms with van der Waals surface area (Å²) in [5.74, 6) is -2.08. The van der Waals surface area contributed by atoms with Crippen molar-refractivity contribution in [3.8, 4) is 0 Å². The smallest absolute Gasteiger partial charge is 0.253 e. The summed E-state index contributed by atoms with van der Waals surface area (Å²) in [6.45, 7) is 15.6. The molecule has 0 aromatic rings. The van der Waals surface area contributed by atoms with E-state index in [2.05, 4.69) is 16.0 Å². The second kappa shape index (κ2) is 32.7. The van der Waals surface area contributed by atoms with Gasteiger partial charge in [0.15, 0.2) is 5.78 Å². The van der Waals surface area contributed by atoms with Crippen LogP contribution in [-0.2, 0) is 66.7 Å². The van der Waals surface area contributed by atoms with Gasteiger partial charge in [0.05, 0.1) is 112 Å². The number of imide groups is 1. The summed E-state index contributed by atoms with van der Waals surface area (Å²) in [5, 5.41) is 8.15. The fraction of sp³-hybridized carbons (Fsp3) is 0.789. The van der Waals surface area contributed by atoms with Crippen LogP contribution >= 0.6 is 0 Å². The molecule has 0 aliphatic carbocycles. The van der Waals surface area contributed by atoms with Gasteiger partial charge in [0.25, 0.3) is 11.8 Å². The van der Waals surface area contributed by atoms with Crippen LogP contribution in [0.1, 0.15) is 58.2 Å². The predicted molar refractivity (Wildman–Crippen MR) is 210 cm³/mol. The van der Waals surface area contributed by atoms with E-state index in [4.69, 9.17) is 37.9 Å². The standard InChI is InChI=1S/C38H66N4O14.3H2/c1-6-30(4)37(47)31(5)40-38(48)36(29(2)3)41-33(44)10-13-49-15-17-51-19-21-53-23-25-55-27-28-56-26-24-54-22-20-52-18-16-50-14-11-39-32(43)9-12-42-34(45)7-8-35(42)46;;;/h7-8,29-31,36H,6,9-28H2,1-5H3,(H,39,43)(H,40,48)(H,41,44);3*1H/t30?,31-,36-;;;/m0.../s1. The lowest BCUT2D eigenvalue weighted by molar-refractivity contribution is -0.137. The minimum absolute atomic E-state index is 0. The number of Topliss-reactive ketones (excluding diaryl/α,β-unsaturated/α-hetero) is 1. The minimum atomic E-state index is -0.745. The minimum Gasteiger partial charge on any atom is -0.379 e. The van der Waals surface area contributed by atoms with E-state index in [0.717, 1.165) is 4.90 Å². The molecule has 3 atom stereocenters. The van der Waals surface area contributed by atoms with Crippen molar-refractivity contribution in [2.24, 2.45) is 11.8 Å². The van der Waals surface area contributed by atoms with E-state index in [9.17, 15) is 28.8 Å². The van der Waals surface area contributed by atoms with Gasteiger partial charge in [-0.25, -0.2) is 0 Å². The van der Waals surface area contributed by atoms with E-state index in [1.54, 1.807) is 6.92 Å². The third kappa shape index (κ3) is 25.0. The molecule has 328 valence electrons. The molecule has 0 radical (unpaired) electrons. The van der Waals surface area contributed by atoms with Crippen molar-refractivity contribution in [1.29, 1.82) is 0 Å². The van der Waals surface area contributed by atoms with Gasteiger partial charge in [0.1, 0.15) is 6.04 Å². The van der Waals surface area contributed by atoms with Crippen LogP contribution in [0.5, 0.6) is 0 Å². The third-order valence-electron chi connectivity index (χ3n) is 8.26. The van der Waals surface area contributed by atoms with E-state index >= 15 is 0 Å². The number of carbonyl (C=O) groups excluding carboxylic acids is 6. The maximum absolute atomic E-state index is 12.7. The molecular formula is C38H72N4O14. The number of carbonyl (C=O) groups is 6. The highest BCUT2D eigenvalue weighted by atomic mass is 16.6. The van der Waals surface area contributed by atoms with Gasteiger partial charge < -0.3 is 53.8 Å². The highest BCUT2D eigenvalue weighted by Gasteiger charge is 2.28. The molecule has 1 rings (SSSR count). The summed E-state index contributed by atoms with van der Waals surface area (Å²) >= 11 is 0. The van der Waals surface area contributed by atoms with E-state index in [-0.39, 0.29) is 65.6 Å². The lowest BCUT2D eigenvalue weighted by Gasteiger charge is -2.24. The van der Waals surface area contributed by atoms with Gasteiger partial charge in [-0.1, -0.05) is 27.7 Å². The molecule has 56 heavy (non-hydrogen) atoms. The van der Waals surface area contributed by atoms with Crippen LogP contribution in [0.2, 0.25) is 0 Å². The Morgan fingerprint density at radius 3 is 1.41 bits per heavy atom. The molecule has 0 spiro atoms. The fourth-order valence-corrected chi connectivity index (χ4v) is 4.81. The molecule has 0 aromatic carbocycles. The Bertz CT molecular complexity index is 1170. The number of ether oxygens (including phenoxy) is 8. The van der Waals surface area contributed by atoms with Gasteiger partial charge >= 0.3 is 0 Å². The topological polar surface area (TPSA) is 216 Å². The number of nitrogens with zero attached hydrogens (tertiary/aromatic N) is 1. The van der Waals surface area contributed by atoms with Crippen molar-refractivity contribution in [3.63, 3.8) is 0 Å². The maximum Gasteiger partial charge on any atom is 0.253 e. The van der Waals surface area contributed by atoms with Crippen LogP contribution in [0.3, 0.4) is 0 Å². The molecule has 3 N–H and O–H groups in total. The zero-order valence-corrected chi connectivity index (χ0v) is 34.0. The summed E-state index contributed by atoms with van der Waals surface area (Å²) < 4.78 is 43.6. The molecule has 18 nitrogen and oxygen atoms in total. The summed E-state index contributed by atoms with van der Waals surface area (Å²) in [4.78, 5) is 73.2. The first-order valence-electron chi connectivity index (χ1n) is 19.5. The lowest BCUT2D eigenvalue weighted by Crippen LogP contribution is -2.53. The Morgan fingerprint density at radius 2 is 1.00 bits per heavy atom. The van der Waals surface area contributed by atoms with Crippen molar-refractivity contribution in [1.82, 2.24) is 20.9 Å². The van der Waals surface area contributed by atoms with Gasteiger partial charge in [-0.2, -0.15) is 0 Å². The second-order valence-electron chi connectivity index (χ2n) is 13.1. The Labute approximate surface area is 335 Å². The van der Waals surface area contributed by atoms with Crippen molar-refractivity contribution in [2.45, 2.75) is 66.0 Å². The molecule has 5 amide bonds. The number of rotatable bonds is 37. The Hall–Kier alpha value is -3.36. The van der Waals surface area contributed by atoms with Crippen LogP contribution in [0, 0.1) is 11.8 Å². The molecule has 0 saturated heterocycles. The SMILES string of the molecule is CCC(C)C(=O)[C@H](C)NC(=O)[C@@H](NC(=O)CCOCCOCCOCCOCCOCCOCCOCCOCCNC(=O)CCN1C(=O)C=CC1=O)C(C)C.[HH].[HH].[HH]. The summed E-state index contributed by atoms with van der Waals surface area (Å²) in [6.07, 6.45) is 3.21. The predicted octanol–water partition coefficient (Wildman–Crippen LogP) is 0.939.